The average Bonchev–Trinajstić information content (AvgIpc) is 1.74. The van der Waals surface area contributed by atoms with E-state index in [1.807, 2.05) is 107 Å². The lowest BCUT2D eigenvalue weighted by Crippen LogP contribution is -2.12. The third-order valence-corrected chi connectivity index (χ3v) is 28.5. The molecule has 742 valence electrons. The summed E-state index contributed by atoms with van der Waals surface area (Å²) in [5, 5.41) is 32.5. The second-order valence-corrected chi connectivity index (χ2v) is 43.4. The zero-order chi connectivity index (χ0) is 103. The van der Waals surface area contributed by atoms with Crippen LogP contribution in [0.5, 0.6) is 5.75 Å². The number of nitrogens with two attached hydrogens (primary N) is 4. The van der Waals surface area contributed by atoms with Crippen molar-refractivity contribution < 1.29 is 100 Å². The standard InChI is InChI=1S/C18H15ClN2O2S.C17H14F3N3O3S.C17H14F3N3O2S.C17H14O4S.C16H14N2O3S.C16H20N2O3S/c1-12-3-4-14(10-20-12)18-17(9-15(19)11-21-18)13-5-7-16(8-6-13)24(2,22)23;1-26-16-7-2-10(8-13(16)18)15-9-14(17(19)20)22-23(15)11-3-5-12(6-4-11)27(21,24)25;1-11-2-4-12(5-3-11)15-10-16(17(18,19)20)22-23(15)13-6-8-14(9-7-13)26(21,24)25;1-22(19,20)14-9-7-12(8-10-14)15-11-21-17(18)16(15)13-5-3-2-4-6-13;1-11-15(12-7-9-14(10-8-12)22(17,19)20)16(18-21-11)13-5-3-2-4-6-13;1-11-18-15(12-5-3-2-4-6-12)16(21-11)13-7-9-14(10-8-13)22(17,19)20/h3-11H,1-2H3;2-9,17H,1H3,(H2,21,24,25);2-10H,1H3,(H2,21,24,25);2-10H,11H2,1H3;2-10H,1H3,(H2,17,19,20);7-10,12H,2-6H2,1H3,(H2,17,19,20). The van der Waals surface area contributed by atoms with E-state index in [2.05, 4.69) is 30.3 Å². The highest BCUT2D eigenvalue weighted by Gasteiger charge is 2.36. The Hall–Kier alpha value is -14.2. The van der Waals surface area contributed by atoms with Crippen LogP contribution < -0.4 is 25.3 Å². The van der Waals surface area contributed by atoms with Crippen molar-refractivity contribution in [2.24, 2.45) is 20.6 Å². The minimum Gasteiger partial charge on any atom is -0.494 e. The fourth-order valence-corrected chi connectivity index (χ4v) is 18.6. The smallest absolute Gasteiger partial charge is 0.435 e. The molecule has 29 nitrogen and oxygen atoms in total. The summed E-state index contributed by atoms with van der Waals surface area (Å²) >= 11 is 6.11. The number of hydrogen-bond donors (Lipinski definition) is 4. The molecule has 0 spiro atoms. The Kier molecular flexibility index (Phi) is 33.0. The zero-order valence-electron chi connectivity index (χ0n) is 77.0. The van der Waals surface area contributed by atoms with E-state index in [4.69, 9.17) is 50.6 Å². The van der Waals surface area contributed by atoms with Crippen molar-refractivity contribution in [2.45, 2.75) is 108 Å². The molecule has 1 aliphatic heterocycles. The van der Waals surface area contributed by atoms with Gasteiger partial charge in [-0.15, -0.1) is 0 Å². The van der Waals surface area contributed by atoms with Crippen LogP contribution in [0.4, 0.5) is 26.3 Å². The van der Waals surface area contributed by atoms with Gasteiger partial charge >= 0.3 is 12.1 Å². The van der Waals surface area contributed by atoms with Gasteiger partial charge < -0.3 is 18.4 Å². The number of benzene rings is 10. The number of sulfonamides is 4. The Bertz CT molecular complexity index is 8080. The number of oxazole rings is 1. The molecule has 18 rings (SSSR count). The highest BCUT2D eigenvalue weighted by molar-refractivity contribution is 7.91. The van der Waals surface area contributed by atoms with Gasteiger partial charge in [0.05, 0.1) is 86.8 Å². The number of pyridine rings is 2. The molecule has 1 saturated carbocycles. The van der Waals surface area contributed by atoms with Gasteiger partial charge in [0.2, 0.25) is 40.1 Å². The van der Waals surface area contributed by atoms with Crippen molar-refractivity contribution >= 4 is 88.5 Å². The highest BCUT2D eigenvalue weighted by Crippen LogP contribution is 2.42. The van der Waals surface area contributed by atoms with Crippen molar-refractivity contribution in [3.8, 4) is 95.7 Å². The first-order valence-electron chi connectivity index (χ1n) is 43.1. The van der Waals surface area contributed by atoms with Crippen molar-refractivity contribution in [3.63, 3.8) is 0 Å². The molecule has 0 unspecified atom stereocenters. The number of halogens is 7. The van der Waals surface area contributed by atoms with Gasteiger partial charge in [0.25, 0.3) is 6.43 Å². The summed E-state index contributed by atoms with van der Waals surface area (Å²) in [6, 6.07) is 74.1. The molecular formula is C101H91ClF6N12O17S6. The number of ether oxygens (including phenoxy) is 2. The lowest BCUT2D eigenvalue weighted by atomic mass is 9.85. The summed E-state index contributed by atoms with van der Waals surface area (Å²) in [5.74, 6) is 1.49. The SMILES string of the molecule is COc1ccc(-c2cc(C(F)F)nn2-c2ccc(S(N)(=O)=O)cc2)cc1F.CS(=O)(=O)c1ccc(C2=C(c3ccccc3)C(=O)OC2)cc1.Cc1ccc(-c2cc(C(F)(F)F)nn2-c2ccc(S(N)(=O)=O)cc2)cc1.Cc1ccc(-c2ncc(Cl)cc2-c2ccc(S(C)(=O)=O)cc2)cn1.Cc1nc(C2CCCCC2)c(-c2ccc(S(N)(=O)=O)cc2)o1.Cc1onc(-c2ccccc2)c1-c1ccc(S(N)(=O)=O)cc1. The Morgan fingerprint density at radius 1 is 0.476 bits per heavy atom. The maximum atomic E-state index is 14.0. The van der Waals surface area contributed by atoms with E-state index in [9.17, 15) is 81.6 Å². The summed E-state index contributed by atoms with van der Waals surface area (Å²) < 4.78 is 240. The first-order chi connectivity index (χ1) is 67.5. The van der Waals surface area contributed by atoms with Crippen LogP contribution in [-0.4, -0.2) is 122 Å². The van der Waals surface area contributed by atoms with E-state index in [0.717, 1.165) is 125 Å². The highest BCUT2D eigenvalue weighted by atomic mass is 35.5. The number of carbonyl (C=O) groups excluding carboxylic acids is 1. The summed E-state index contributed by atoms with van der Waals surface area (Å²) in [5.41, 5.74) is 13.6. The molecule has 0 bridgehead atoms. The van der Waals surface area contributed by atoms with Crippen molar-refractivity contribution in [1.29, 1.82) is 0 Å². The number of aromatic nitrogens is 8. The Morgan fingerprint density at radius 3 is 1.42 bits per heavy atom. The van der Waals surface area contributed by atoms with Crippen LogP contribution in [0.15, 0.2) is 330 Å². The van der Waals surface area contributed by atoms with Crippen LogP contribution in [0.3, 0.4) is 0 Å². The maximum Gasteiger partial charge on any atom is 0.435 e. The maximum absolute atomic E-state index is 14.0. The van der Waals surface area contributed by atoms with E-state index in [1.165, 1.54) is 128 Å². The Balaban J connectivity index is 0.000000144. The third kappa shape index (κ3) is 27.0. The van der Waals surface area contributed by atoms with E-state index in [1.54, 1.807) is 109 Å². The van der Waals surface area contributed by atoms with Crippen LogP contribution in [-0.2, 0) is 75.5 Å². The number of alkyl halides is 5. The van der Waals surface area contributed by atoms with Gasteiger partial charge in [0.1, 0.15) is 23.8 Å². The summed E-state index contributed by atoms with van der Waals surface area (Å²) in [4.78, 5) is 25.8. The average molecular weight is 2090 g/mol. The number of primary sulfonamides is 4. The summed E-state index contributed by atoms with van der Waals surface area (Å²) in [7, 11) is -20.3. The minimum absolute atomic E-state index is 0.0106. The van der Waals surface area contributed by atoms with Gasteiger partial charge in [-0.1, -0.05) is 163 Å². The van der Waals surface area contributed by atoms with E-state index in [0.29, 0.717) is 45.0 Å². The molecular weight excluding hydrogens is 2000 g/mol. The monoisotopic (exact) mass is 2080 g/mol. The molecule has 6 aromatic heterocycles. The number of sulfone groups is 2. The van der Waals surface area contributed by atoms with E-state index >= 15 is 0 Å². The Labute approximate surface area is 826 Å². The van der Waals surface area contributed by atoms with Crippen LogP contribution in [0, 0.1) is 33.5 Å². The molecule has 7 heterocycles. The van der Waals surface area contributed by atoms with Crippen LogP contribution in [0.25, 0.3) is 101 Å². The minimum atomic E-state index is -4.61. The molecule has 10 aromatic carbocycles. The van der Waals surface area contributed by atoms with Crippen molar-refractivity contribution in [2.75, 3.05) is 26.2 Å². The number of rotatable bonds is 20. The van der Waals surface area contributed by atoms with Gasteiger partial charge in [-0.2, -0.15) is 23.4 Å². The number of hydrogen-bond acceptors (Lipinski definition) is 23. The molecule has 42 heteroatoms. The van der Waals surface area contributed by atoms with Crippen molar-refractivity contribution in [1.82, 2.24) is 39.7 Å². The quantitative estimate of drug-likeness (QED) is 0.0407. The predicted molar refractivity (Wildman–Crippen MR) is 529 cm³/mol. The van der Waals surface area contributed by atoms with Crippen LogP contribution >= 0.6 is 11.6 Å². The fourth-order valence-electron chi connectivity index (χ4n) is 15.2. The molecule has 143 heavy (non-hydrogen) atoms. The molecule has 0 amide bonds. The number of esters is 1. The normalized spacial score (nSPS) is 13.1. The zero-order valence-corrected chi connectivity index (χ0v) is 82.7. The lowest BCUT2D eigenvalue weighted by molar-refractivity contribution is -0.141. The topological polar surface area (TPSA) is 458 Å². The summed E-state index contributed by atoms with van der Waals surface area (Å²) in [6.45, 7) is 7.65. The molecule has 8 N–H and O–H groups in total. The van der Waals surface area contributed by atoms with E-state index < -0.39 is 89.6 Å². The lowest BCUT2D eigenvalue weighted by Gasteiger charge is -2.20. The largest absolute Gasteiger partial charge is 0.494 e. The van der Waals surface area contributed by atoms with Gasteiger partial charge in [-0.25, -0.2) is 103 Å². The molecule has 2 aliphatic rings. The molecule has 0 radical (unpaired) electrons. The van der Waals surface area contributed by atoms with Gasteiger partial charge in [-0.05, 0) is 214 Å². The summed E-state index contributed by atoms with van der Waals surface area (Å²) in [6.07, 6.45) is 4.26. The second kappa shape index (κ2) is 44.5. The second-order valence-electron chi connectivity index (χ2n) is 32.7. The van der Waals surface area contributed by atoms with Crippen LogP contribution in [0.2, 0.25) is 5.02 Å². The number of cyclic esters (lactones) is 1. The van der Waals surface area contributed by atoms with Gasteiger partial charge in [0, 0.05) is 82.4 Å². The number of methoxy groups -OCH3 is 1. The first-order valence-corrected chi connectivity index (χ1v) is 53.5. The molecule has 0 atom stereocenters. The third-order valence-electron chi connectivity index (χ3n) is 22.3. The molecule has 16 aromatic rings. The molecule has 1 aliphatic carbocycles. The van der Waals surface area contributed by atoms with Crippen molar-refractivity contribution in [3.05, 3.63) is 353 Å². The molecule has 0 saturated heterocycles. The predicted octanol–water partition coefficient (Wildman–Crippen LogP) is 19.8. The van der Waals surface area contributed by atoms with Gasteiger partial charge in [0.15, 0.2) is 48.6 Å². The number of aryl methyl sites for hydroxylation is 4. The Morgan fingerprint density at radius 2 is 0.937 bits per heavy atom. The molecule has 1 fully saturated rings. The van der Waals surface area contributed by atoms with E-state index in [-0.39, 0.29) is 64.8 Å². The fraction of sp³-hybridized carbons (Fsp3) is 0.158. The van der Waals surface area contributed by atoms with Crippen LogP contribution in [0.1, 0.15) is 95.6 Å². The number of nitrogens with zero attached hydrogens (tertiary/aromatic N) is 8. The number of carbonyl (C=O) groups is 1. The van der Waals surface area contributed by atoms with Gasteiger partial charge in [-0.3, -0.25) is 9.97 Å². The first kappa shape index (κ1) is 106.